The van der Waals surface area contributed by atoms with Crippen molar-refractivity contribution in [3.8, 4) is 0 Å². The number of hydrogen-bond acceptors (Lipinski definition) is 2. The first-order chi connectivity index (χ1) is 7.75. The fourth-order valence-electron chi connectivity index (χ4n) is 2.25. The van der Waals surface area contributed by atoms with Gasteiger partial charge in [0.25, 0.3) is 0 Å². The van der Waals surface area contributed by atoms with E-state index in [0.717, 1.165) is 30.3 Å². The molecule has 88 valence electrons. The molecule has 1 fully saturated rings. The van der Waals surface area contributed by atoms with Crippen LogP contribution in [0.1, 0.15) is 31.2 Å². The number of rotatable bonds is 3. The van der Waals surface area contributed by atoms with Crippen LogP contribution in [0.3, 0.4) is 0 Å². The first-order valence-corrected chi connectivity index (χ1v) is 6.71. The fraction of sp³-hybridized carbons (Fsp3) is 0.538. The van der Waals surface area contributed by atoms with Gasteiger partial charge in [-0.2, -0.15) is 0 Å². The van der Waals surface area contributed by atoms with Gasteiger partial charge in [-0.05, 0) is 30.5 Å². The average molecular weight is 284 g/mol. The van der Waals surface area contributed by atoms with Crippen molar-refractivity contribution in [2.45, 2.75) is 44.4 Å². The predicted octanol–water partition coefficient (Wildman–Crippen LogP) is 2.84. The van der Waals surface area contributed by atoms with Gasteiger partial charge in [-0.15, -0.1) is 0 Å². The van der Waals surface area contributed by atoms with Crippen LogP contribution in [0.15, 0.2) is 28.7 Å². The number of hydrogen-bond donors (Lipinski definition) is 2. The van der Waals surface area contributed by atoms with Crippen molar-refractivity contribution in [2.75, 3.05) is 0 Å². The van der Waals surface area contributed by atoms with Crippen LogP contribution >= 0.6 is 15.9 Å². The van der Waals surface area contributed by atoms with Crippen LogP contribution in [0, 0.1) is 0 Å². The van der Waals surface area contributed by atoms with Crippen molar-refractivity contribution in [1.29, 1.82) is 0 Å². The van der Waals surface area contributed by atoms with Crippen LogP contribution in [0.5, 0.6) is 0 Å². The standard InChI is InChI=1S/C13H18BrNO/c14-11-5-3-4-10(8-11)9-15-12-6-1-2-7-13(12)16/h3-5,8,12-13,15-16H,1-2,6-7,9H2. The summed E-state index contributed by atoms with van der Waals surface area (Å²) in [6.45, 7) is 0.834. The van der Waals surface area contributed by atoms with Crippen molar-refractivity contribution >= 4 is 15.9 Å². The van der Waals surface area contributed by atoms with E-state index in [1.807, 2.05) is 12.1 Å². The van der Waals surface area contributed by atoms with Crippen molar-refractivity contribution in [2.24, 2.45) is 0 Å². The summed E-state index contributed by atoms with van der Waals surface area (Å²) in [5.74, 6) is 0. The molecule has 0 heterocycles. The van der Waals surface area contributed by atoms with Crippen molar-refractivity contribution < 1.29 is 5.11 Å². The second-order valence-electron chi connectivity index (χ2n) is 4.47. The van der Waals surface area contributed by atoms with E-state index in [1.165, 1.54) is 12.0 Å². The quantitative estimate of drug-likeness (QED) is 0.894. The zero-order valence-electron chi connectivity index (χ0n) is 9.32. The lowest BCUT2D eigenvalue weighted by molar-refractivity contribution is 0.0902. The summed E-state index contributed by atoms with van der Waals surface area (Å²) in [5, 5.41) is 13.3. The Morgan fingerprint density at radius 2 is 2.12 bits per heavy atom. The van der Waals surface area contributed by atoms with Crippen LogP contribution in [-0.4, -0.2) is 17.3 Å². The van der Waals surface area contributed by atoms with Crippen molar-refractivity contribution in [3.05, 3.63) is 34.3 Å². The van der Waals surface area contributed by atoms with Crippen LogP contribution < -0.4 is 5.32 Å². The van der Waals surface area contributed by atoms with Gasteiger partial charge in [-0.25, -0.2) is 0 Å². The monoisotopic (exact) mass is 283 g/mol. The van der Waals surface area contributed by atoms with E-state index < -0.39 is 0 Å². The third-order valence-corrected chi connectivity index (χ3v) is 3.68. The lowest BCUT2D eigenvalue weighted by Gasteiger charge is -2.28. The smallest absolute Gasteiger partial charge is 0.0693 e. The molecule has 3 heteroatoms. The Labute approximate surface area is 105 Å². The van der Waals surface area contributed by atoms with Gasteiger partial charge < -0.3 is 10.4 Å². The molecule has 2 atom stereocenters. The van der Waals surface area contributed by atoms with Gasteiger partial charge >= 0.3 is 0 Å². The number of aliphatic hydroxyl groups is 1. The lowest BCUT2D eigenvalue weighted by atomic mass is 9.92. The molecule has 1 aliphatic carbocycles. The molecule has 1 aromatic carbocycles. The molecule has 0 aromatic heterocycles. The van der Waals surface area contributed by atoms with E-state index in [9.17, 15) is 5.11 Å². The Bertz CT molecular complexity index is 342. The first kappa shape index (κ1) is 12.1. The van der Waals surface area contributed by atoms with Gasteiger partial charge in [-0.1, -0.05) is 40.9 Å². The minimum atomic E-state index is -0.166. The zero-order valence-corrected chi connectivity index (χ0v) is 10.9. The fourth-order valence-corrected chi connectivity index (χ4v) is 2.69. The minimum Gasteiger partial charge on any atom is -0.392 e. The van der Waals surface area contributed by atoms with E-state index in [1.54, 1.807) is 0 Å². The van der Waals surface area contributed by atoms with Gasteiger partial charge in [0.1, 0.15) is 0 Å². The summed E-state index contributed by atoms with van der Waals surface area (Å²) < 4.78 is 1.11. The van der Waals surface area contributed by atoms with E-state index in [4.69, 9.17) is 0 Å². The largest absolute Gasteiger partial charge is 0.392 e. The Morgan fingerprint density at radius 1 is 1.31 bits per heavy atom. The van der Waals surface area contributed by atoms with Crippen molar-refractivity contribution in [3.63, 3.8) is 0 Å². The van der Waals surface area contributed by atoms with Crippen LogP contribution in [-0.2, 0) is 6.54 Å². The van der Waals surface area contributed by atoms with Gasteiger partial charge in [-0.3, -0.25) is 0 Å². The molecular weight excluding hydrogens is 266 g/mol. The Hall–Kier alpha value is -0.380. The van der Waals surface area contributed by atoms with E-state index >= 15 is 0 Å². The maximum absolute atomic E-state index is 9.83. The third-order valence-electron chi connectivity index (χ3n) is 3.19. The lowest BCUT2D eigenvalue weighted by Crippen LogP contribution is -2.41. The summed E-state index contributed by atoms with van der Waals surface area (Å²) in [6.07, 6.45) is 4.26. The van der Waals surface area contributed by atoms with Crippen LogP contribution in [0.25, 0.3) is 0 Å². The topological polar surface area (TPSA) is 32.3 Å². The maximum Gasteiger partial charge on any atom is 0.0693 e. The Kier molecular flexibility index (Phi) is 4.38. The highest BCUT2D eigenvalue weighted by Crippen LogP contribution is 2.19. The number of aliphatic hydroxyl groups excluding tert-OH is 1. The normalized spacial score (nSPS) is 25.6. The summed E-state index contributed by atoms with van der Waals surface area (Å²) in [7, 11) is 0. The molecule has 2 unspecified atom stereocenters. The molecular formula is C13H18BrNO. The van der Waals surface area contributed by atoms with E-state index in [-0.39, 0.29) is 12.1 Å². The molecule has 2 rings (SSSR count). The van der Waals surface area contributed by atoms with Crippen LogP contribution in [0.4, 0.5) is 0 Å². The highest BCUT2D eigenvalue weighted by molar-refractivity contribution is 9.10. The van der Waals surface area contributed by atoms with E-state index in [2.05, 4.69) is 33.4 Å². The van der Waals surface area contributed by atoms with Gasteiger partial charge in [0.2, 0.25) is 0 Å². The molecule has 0 saturated heterocycles. The second kappa shape index (κ2) is 5.80. The molecule has 16 heavy (non-hydrogen) atoms. The molecule has 1 aliphatic rings. The van der Waals surface area contributed by atoms with Crippen LogP contribution in [0.2, 0.25) is 0 Å². The number of benzene rings is 1. The molecule has 0 aliphatic heterocycles. The molecule has 2 N–H and O–H groups in total. The van der Waals surface area contributed by atoms with Gasteiger partial charge in [0, 0.05) is 17.1 Å². The molecule has 2 nitrogen and oxygen atoms in total. The Morgan fingerprint density at radius 3 is 2.88 bits per heavy atom. The third kappa shape index (κ3) is 3.30. The van der Waals surface area contributed by atoms with E-state index in [0.29, 0.717) is 0 Å². The highest BCUT2D eigenvalue weighted by Gasteiger charge is 2.21. The van der Waals surface area contributed by atoms with Crippen molar-refractivity contribution in [1.82, 2.24) is 5.32 Å². The maximum atomic E-state index is 9.83. The molecule has 0 bridgehead atoms. The predicted molar refractivity (Wildman–Crippen MR) is 69.2 cm³/mol. The summed E-state index contributed by atoms with van der Waals surface area (Å²) >= 11 is 3.46. The summed E-state index contributed by atoms with van der Waals surface area (Å²) in [6, 6.07) is 8.56. The molecule has 0 radical (unpaired) electrons. The zero-order chi connectivity index (χ0) is 11.4. The minimum absolute atomic E-state index is 0.166. The van der Waals surface area contributed by atoms with Gasteiger partial charge in [0.05, 0.1) is 6.10 Å². The Balaban J connectivity index is 1.86. The molecule has 1 saturated carbocycles. The molecule has 0 amide bonds. The molecule has 0 spiro atoms. The molecule has 1 aromatic rings. The number of halogens is 1. The average Bonchev–Trinajstić information content (AvgIpc) is 2.28. The summed E-state index contributed by atoms with van der Waals surface area (Å²) in [5.41, 5.74) is 1.26. The van der Waals surface area contributed by atoms with Gasteiger partial charge in [0.15, 0.2) is 0 Å². The number of nitrogens with one attached hydrogen (secondary N) is 1. The SMILES string of the molecule is OC1CCCCC1NCc1cccc(Br)c1. The first-order valence-electron chi connectivity index (χ1n) is 5.91. The highest BCUT2D eigenvalue weighted by atomic mass is 79.9. The summed E-state index contributed by atoms with van der Waals surface area (Å²) in [4.78, 5) is 0. The second-order valence-corrected chi connectivity index (χ2v) is 5.38.